The molecule has 4 nitrogen and oxygen atoms in total. The molecule has 0 radical (unpaired) electrons. The maximum Gasteiger partial charge on any atom is 0.294 e. The van der Waals surface area contributed by atoms with Crippen LogP contribution >= 0.6 is 11.6 Å². The highest BCUT2D eigenvalue weighted by atomic mass is 35.5. The van der Waals surface area contributed by atoms with Crippen LogP contribution < -0.4 is 5.32 Å². The van der Waals surface area contributed by atoms with Crippen LogP contribution in [0.3, 0.4) is 0 Å². The molecule has 1 amide bonds. The van der Waals surface area contributed by atoms with Crippen LogP contribution in [0.1, 0.15) is 16.1 Å². The molecular formula is C17H13ClN2O2. The van der Waals surface area contributed by atoms with E-state index in [2.05, 4.69) is 10.5 Å². The van der Waals surface area contributed by atoms with Crippen molar-refractivity contribution < 1.29 is 9.32 Å². The Morgan fingerprint density at radius 1 is 1.14 bits per heavy atom. The summed E-state index contributed by atoms with van der Waals surface area (Å²) in [7, 11) is 0. The van der Waals surface area contributed by atoms with Gasteiger partial charge in [0.1, 0.15) is 5.69 Å². The number of carbonyl (C=O) groups is 1. The third kappa shape index (κ3) is 2.87. The third-order valence-electron chi connectivity index (χ3n) is 3.32. The Bertz CT molecular complexity index is 813. The van der Waals surface area contributed by atoms with Gasteiger partial charge in [-0.15, -0.1) is 0 Å². The van der Waals surface area contributed by atoms with Crippen molar-refractivity contribution in [2.75, 3.05) is 5.32 Å². The van der Waals surface area contributed by atoms with Crippen LogP contribution in [0.25, 0.3) is 11.3 Å². The third-order valence-corrected chi connectivity index (χ3v) is 3.73. The molecule has 2 aromatic carbocycles. The number of hydrogen-bond acceptors (Lipinski definition) is 3. The first-order chi connectivity index (χ1) is 10.6. The van der Waals surface area contributed by atoms with Gasteiger partial charge < -0.3 is 9.84 Å². The van der Waals surface area contributed by atoms with Crippen LogP contribution in [0.4, 0.5) is 5.69 Å². The Hall–Kier alpha value is -2.59. The smallest absolute Gasteiger partial charge is 0.294 e. The first kappa shape index (κ1) is 14.4. The van der Waals surface area contributed by atoms with Crippen LogP contribution in [0, 0.1) is 6.92 Å². The molecule has 1 heterocycles. The lowest BCUT2D eigenvalue weighted by Crippen LogP contribution is -2.11. The average molecular weight is 313 g/mol. The van der Waals surface area contributed by atoms with Crippen LogP contribution in [-0.2, 0) is 0 Å². The highest BCUT2D eigenvalue weighted by molar-refractivity contribution is 6.31. The number of hydrogen-bond donors (Lipinski definition) is 1. The molecule has 1 N–H and O–H groups in total. The molecule has 110 valence electrons. The molecule has 1 aromatic heterocycles. The molecule has 0 unspecified atom stereocenters. The summed E-state index contributed by atoms with van der Waals surface area (Å²) in [5.41, 5.74) is 2.97. The van der Waals surface area contributed by atoms with Crippen LogP contribution in [0.15, 0.2) is 59.1 Å². The van der Waals surface area contributed by atoms with Crippen molar-refractivity contribution in [2.45, 2.75) is 6.92 Å². The summed E-state index contributed by atoms with van der Waals surface area (Å²) in [5.74, 6) is -0.210. The number of halogens is 1. The maximum absolute atomic E-state index is 12.2. The number of nitrogens with one attached hydrogen (secondary N) is 1. The summed E-state index contributed by atoms with van der Waals surface area (Å²) >= 11 is 6.04. The molecular weight excluding hydrogens is 300 g/mol. The van der Waals surface area contributed by atoms with E-state index in [0.717, 1.165) is 11.1 Å². The minimum Gasteiger partial charge on any atom is -0.350 e. The van der Waals surface area contributed by atoms with E-state index in [-0.39, 0.29) is 11.7 Å². The van der Waals surface area contributed by atoms with E-state index < -0.39 is 0 Å². The SMILES string of the molecule is Cc1c(Cl)cccc1NC(=O)c1cc(-c2ccccc2)no1. The van der Waals surface area contributed by atoms with Crippen LogP contribution in [0.2, 0.25) is 5.02 Å². The van der Waals surface area contributed by atoms with Crippen LogP contribution in [-0.4, -0.2) is 11.1 Å². The highest BCUT2D eigenvalue weighted by Gasteiger charge is 2.15. The van der Waals surface area contributed by atoms with Crippen molar-refractivity contribution in [3.8, 4) is 11.3 Å². The fourth-order valence-electron chi connectivity index (χ4n) is 2.05. The fraction of sp³-hybridized carbons (Fsp3) is 0.0588. The number of anilines is 1. The summed E-state index contributed by atoms with van der Waals surface area (Å²) in [6.45, 7) is 1.84. The van der Waals surface area contributed by atoms with Crippen molar-refractivity contribution in [3.05, 3.63) is 70.9 Å². The number of carbonyl (C=O) groups excluding carboxylic acids is 1. The predicted molar refractivity (Wildman–Crippen MR) is 86.1 cm³/mol. The van der Waals surface area contributed by atoms with Gasteiger partial charge in [0.05, 0.1) is 0 Å². The predicted octanol–water partition coefficient (Wildman–Crippen LogP) is 4.56. The van der Waals surface area contributed by atoms with E-state index in [0.29, 0.717) is 16.4 Å². The van der Waals surface area contributed by atoms with E-state index in [9.17, 15) is 4.79 Å². The maximum atomic E-state index is 12.2. The molecule has 0 aliphatic rings. The van der Waals surface area contributed by atoms with Gasteiger partial charge >= 0.3 is 0 Å². The van der Waals surface area contributed by atoms with Gasteiger partial charge in [-0.05, 0) is 24.6 Å². The van der Waals surface area contributed by atoms with Gasteiger partial charge in [0.15, 0.2) is 0 Å². The quantitative estimate of drug-likeness (QED) is 0.771. The number of aromatic nitrogens is 1. The van der Waals surface area contributed by atoms with Gasteiger partial charge in [-0.1, -0.05) is 53.2 Å². The standard InChI is InChI=1S/C17H13ClN2O2/c1-11-13(18)8-5-9-14(11)19-17(21)16-10-15(20-22-16)12-6-3-2-4-7-12/h2-10H,1H3,(H,19,21). The molecule has 22 heavy (non-hydrogen) atoms. The Morgan fingerprint density at radius 3 is 2.68 bits per heavy atom. The van der Waals surface area contributed by atoms with Crippen molar-refractivity contribution in [3.63, 3.8) is 0 Å². The molecule has 0 aliphatic carbocycles. The Morgan fingerprint density at radius 2 is 1.91 bits per heavy atom. The Labute approximate surface area is 132 Å². The minimum absolute atomic E-state index is 0.151. The Kier molecular flexibility index (Phi) is 3.94. The monoisotopic (exact) mass is 312 g/mol. The second-order valence-electron chi connectivity index (χ2n) is 4.81. The lowest BCUT2D eigenvalue weighted by molar-refractivity contribution is 0.0988. The second-order valence-corrected chi connectivity index (χ2v) is 5.22. The molecule has 0 atom stereocenters. The molecule has 0 saturated carbocycles. The topological polar surface area (TPSA) is 55.1 Å². The van der Waals surface area contributed by atoms with Crippen molar-refractivity contribution in [1.29, 1.82) is 0 Å². The van der Waals surface area contributed by atoms with E-state index in [1.165, 1.54) is 0 Å². The van der Waals surface area contributed by atoms with E-state index in [4.69, 9.17) is 16.1 Å². The van der Waals surface area contributed by atoms with Gasteiger partial charge in [0, 0.05) is 22.3 Å². The highest BCUT2D eigenvalue weighted by Crippen LogP contribution is 2.24. The van der Waals surface area contributed by atoms with Crippen molar-refractivity contribution in [1.82, 2.24) is 5.16 Å². The zero-order valence-corrected chi connectivity index (χ0v) is 12.6. The van der Waals surface area contributed by atoms with Gasteiger partial charge in [-0.25, -0.2) is 0 Å². The normalized spacial score (nSPS) is 10.5. The molecule has 0 bridgehead atoms. The fourth-order valence-corrected chi connectivity index (χ4v) is 2.23. The first-order valence-electron chi connectivity index (χ1n) is 6.74. The van der Waals surface area contributed by atoms with Crippen molar-refractivity contribution >= 4 is 23.2 Å². The average Bonchev–Trinajstić information content (AvgIpc) is 3.03. The van der Waals surface area contributed by atoms with E-state index in [1.54, 1.807) is 24.3 Å². The molecule has 0 fully saturated rings. The number of amides is 1. The summed E-state index contributed by atoms with van der Waals surface area (Å²) in [6.07, 6.45) is 0. The van der Waals surface area contributed by atoms with E-state index in [1.807, 2.05) is 37.3 Å². The lowest BCUT2D eigenvalue weighted by Gasteiger charge is -2.07. The summed E-state index contributed by atoms with van der Waals surface area (Å²) in [4.78, 5) is 12.2. The number of rotatable bonds is 3. The molecule has 0 saturated heterocycles. The molecule has 5 heteroatoms. The van der Waals surface area contributed by atoms with E-state index >= 15 is 0 Å². The summed E-state index contributed by atoms with van der Waals surface area (Å²) in [6, 6.07) is 16.5. The Balaban J connectivity index is 1.82. The number of nitrogens with zero attached hydrogens (tertiary/aromatic N) is 1. The zero-order valence-electron chi connectivity index (χ0n) is 11.8. The van der Waals surface area contributed by atoms with Gasteiger partial charge in [-0.2, -0.15) is 0 Å². The minimum atomic E-state index is -0.361. The summed E-state index contributed by atoms with van der Waals surface area (Å²) in [5, 5.41) is 7.30. The zero-order chi connectivity index (χ0) is 15.5. The van der Waals surface area contributed by atoms with Gasteiger partial charge in [0.25, 0.3) is 5.91 Å². The summed E-state index contributed by atoms with van der Waals surface area (Å²) < 4.78 is 5.13. The largest absolute Gasteiger partial charge is 0.350 e. The lowest BCUT2D eigenvalue weighted by atomic mass is 10.1. The van der Waals surface area contributed by atoms with Gasteiger partial charge in [0.2, 0.25) is 5.76 Å². The first-order valence-corrected chi connectivity index (χ1v) is 7.11. The van der Waals surface area contributed by atoms with Gasteiger partial charge in [-0.3, -0.25) is 4.79 Å². The molecule has 0 aliphatic heterocycles. The number of benzene rings is 2. The van der Waals surface area contributed by atoms with Crippen molar-refractivity contribution in [2.24, 2.45) is 0 Å². The molecule has 3 aromatic rings. The molecule has 3 rings (SSSR count). The molecule has 0 spiro atoms. The van der Waals surface area contributed by atoms with Crippen LogP contribution in [0.5, 0.6) is 0 Å². The second kappa shape index (κ2) is 6.03.